The molecule has 104 valence electrons. The molecule has 6 nitrogen and oxygen atoms in total. The predicted molar refractivity (Wildman–Crippen MR) is 75.6 cm³/mol. The lowest BCUT2D eigenvalue weighted by molar-refractivity contribution is -0.384. The lowest BCUT2D eigenvalue weighted by Gasteiger charge is -2.08. The van der Waals surface area contributed by atoms with Crippen LogP contribution in [0, 0.1) is 24.0 Å². The highest BCUT2D eigenvalue weighted by molar-refractivity contribution is 7.99. The number of nitrogens with zero attached hydrogens (tertiary/aromatic N) is 1. The second-order valence-corrected chi connectivity index (χ2v) is 5.14. The van der Waals surface area contributed by atoms with Crippen molar-refractivity contribution < 1.29 is 14.8 Å². The molecule has 1 rings (SSSR count). The normalized spacial score (nSPS) is 10.3. The fourth-order valence-electron chi connectivity index (χ4n) is 1.47. The van der Waals surface area contributed by atoms with Gasteiger partial charge in [-0.25, -0.2) is 0 Å². The van der Waals surface area contributed by atoms with Gasteiger partial charge in [-0.05, 0) is 31.0 Å². The van der Waals surface area contributed by atoms with Crippen LogP contribution < -0.4 is 5.32 Å². The third-order valence-corrected chi connectivity index (χ3v) is 3.49. The van der Waals surface area contributed by atoms with Crippen molar-refractivity contribution in [3.05, 3.63) is 33.4 Å². The minimum absolute atomic E-state index is 0.00172. The molecule has 0 heterocycles. The van der Waals surface area contributed by atoms with Crippen LogP contribution in [0.2, 0.25) is 0 Å². The zero-order valence-electron chi connectivity index (χ0n) is 10.8. The van der Waals surface area contributed by atoms with Gasteiger partial charge in [-0.15, -0.1) is 11.8 Å². The number of nitro benzene ring substituents is 1. The van der Waals surface area contributed by atoms with E-state index in [0.29, 0.717) is 5.75 Å². The largest absolute Gasteiger partial charge is 0.396 e. The molecule has 0 radical (unpaired) electrons. The monoisotopic (exact) mass is 284 g/mol. The van der Waals surface area contributed by atoms with Gasteiger partial charge in [-0.3, -0.25) is 14.9 Å². The summed E-state index contributed by atoms with van der Waals surface area (Å²) in [5.74, 6) is 0.303. The van der Waals surface area contributed by atoms with Gasteiger partial charge < -0.3 is 10.4 Å². The number of nitro groups is 1. The van der Waals surface area contributed by atoms with E-state index in [1.54, 1.807) is 13.0 Å². The summed E-state index contributed by atoms with van der Waals surface area (Å²) in [6.45, 7) is 3.61. The van der Waals surface area contributed by atoms with Crippen molar-refractivity contribution in [1.82, 2.24) is 0 Å². The number of aryl methyl sites for hydroxylation is 2. The number of hydrogen-bond acceptors (Lipinski definition) is 5. The van der Waals surface area contributed by atoms with E-state index < -0.39 is 4.92 Å². The van der Waals surface area contributed by atoms with Gasteiger partial charge in [0.2, 0.25) is 5.91 Å². The predicted octanol–water partition coefficient (Wildman–Crippen LogP) is 1.88. The van der Waals surface area contributed by atoms with E-state index in [1.165, 1.54) is 17.8 Å². The number of nitrogens with one attached hydrogen (secondary N) is 1. The Hall–Kier alpha value is -1.60. The van der Waals surface area contributed by atoms with E-state index in [4.69, 9.17) is 5.11 Å². The number of hydrogen-bond donors (Lipinski definition) is 2. The van der Waals surface area contributed by atoms with E-state index in [-0.39, 0.29) is 29.6 Å². The summed E-state index contributed by atoms with van der Waals surface area (Å²) < 4.78 is 0. The second-order valence-electron chi connectivity index (χ2n) is 4.04. The zero-order valence-corrected chi connectivity index (χ0v) is 11.6. The summed E-state index contributed by atoms with van der Waals surface area (Å²) in [4.78, 5) is 22.1. The zero-order chi connectivity index (χ0) is 14.4. The van der Waals surface area contributed by atoms with Crippen molar-refractivity contribution in [3.63, 3.8) is 0 Å². The van der Waals surface area contributed by atoms with Crippen LogP contribution in [0.4, 0.5) is 11.4 Å². The number of aliphatic hydroxyl groups is 1. The highest BCUT2D eigenvalue weighted by Crippen LogP contribution is 2.28. The van der Waals surface area contributed by atoms with Crippen LogP contribution in [-0.4, -0.2) is 34.0 Å². The Morgan fingerprint density at radius 1 is 1.42 bits per heavy atom. The van der Waals surface area contributed by atoms with Crippen LogP contribution >= 0.6 is 11.8 Å². The number of anilines is 1. The molecule has 1 amide bonds. The average Bonchev–Trinajstić information content (AvgIpc) is 2.33. The van der Waals surface area contributed by atoms with Gasteiger partial charge in [0, 0.05) is 11.8 Å². The molecule has 0 aliphatic carbocycles. The summed E-state index contributed by atoms with van der Waals surface area (Å²) in [5.41, 5.74) is 1.79. The fourth-order valence-corrected chi connectivity index (χ4v) is 2.00. The number of thioether (sulfide) groups is 1. The maximum absolute atomic E-state index is 11.6. The van der Waals surface area contributed by atoms with Crippen molar-refractivity contribution in [1.29, 1.82) is 0 Å². The highest BCUT2D eigenvalue weighted by atomic mass is 32.2. The lowest BCUT2D eigenvalue weighted by atomic mass is 10.1. The van der Waals surface area contributed by atoms with E-state index in [2.05, 4.69) is 5.32 Å². The van der Waals surface area contributed by atoms with Gasteiger partial charge >= 0.3 is 0 Å². The number of benzene rings is 1. The molecule has 2 N–H and O–H groups in total. The molecule has 0 aromatic heterocycles. The first-order valence-electron chi connectivity index (χ1n) is 5.69. The molecule has 0 unspecified atom stereocenters. The van der Waals surface area contributed by atoms with Gasteiger partial charge in [-0.2, -0.15) is 0 Å². The molecule has 0 saturated heterocycles. The van der Waals surface area contributed by atoms with Crippen LogP contribution in [0.5, 0.6) is 0 Å². The molecule has 0 aliphatic rings. The topological polar surface area (TPSA) is 92.5 Å². The molecule has 0 aliphatic heterocycles. The van der Waals surface area contributed by atoms with Crippen molar-refractivity contribution in [2.24, 2.45) is 0 Å². The molecule has 0 spiro atoms. The first-order chi connectivity index (χ1) is 8.95. The standard InChI is InChI=1S/C12H16N2O4S/c1-8-5-10(11(14(17)18)6-9(8)2)13-12(16)7-19-4-3-15/h5-6,15H,3-4,7H2,1-2H3,(H,13,16). The maximum Gasteiger partial charge on any atom is 0.293 e. The summed E-state index contributed by atoms with van der Waals surface area (Å²) in [6, 6.07) is 3.05. The smallest absolute Gasteiger partial charge is 0.293 e. The van der Waals surface area contributed by atoms with Gasteiger partial charge in [0.25, 0.3) is 5.69 Å². The number of carbonyl (C=O) groups is 1. The Morgan fingerprint density at radius 3 is 2.63 bits per heavy atom. The Bertz CT molecular complexity index is 491. The summed E-state index contributed by atoms with van der Waals surface area (Å²) in [7, 11) is 0. The molecule has 7 heteroatoms. The first-order valence-corrected chi connectivity index (χ1v) is 6.85. The third-order valence-electron chi connectivity index (χ3n) is 2.55. The molecule has 19 heavy (non-hydrogen) atoms. The number of amides is 1. The van der Waals surface area contributed by atoms with Crippen molar-refractivity contribution >= 4 is 29.0 Å². The molecular formula is C12H16N2O4S. The van der Waals surface area contributed by atoms with Crippen LogP contribution in [0.25, 0.3) is 0 Å². The Balaban J connectivity index is 2.84. The number of carbonyl (C=O) groups excluding carboxylic acids is 1. The van der Waals surface area contributed by atoms with Gasteiger partial charge in [0.15, 0.2) is 0 Å². The summed E-state index contributed by atoms with van der Waals surface area (Å²) >= 11 is 1.27. The van der Waals surface area contributed by atoms with Crippen LogP contribution in [0.15, 0.2) is 12.1 Å². The molecule has 0 fully saturated rings. The quantitative estimate of drug-likeness (QED) is 0.472. The molecule has 0 atom stereocenters. The van der Waals surface area contributed by atoms with E-state index >= 15 is 0 Å². The molecule has 1 aromatic carbocycles. The lowest BCUT2D eigenvalue weighted by Crippen LogP contribution is -2.16. The Labute approximate surface area is 115 Å². The van der Waals surface area contributed by atoms with Gasteiger partial charge in [0.05, 0.1) is 17.3 Å². The van der Waals surface area contributed by atoms with E-state index in [0.717, 1.165) is 11.1 Å². The number of rotatable bonds is 6. The average molecular weight is 284 g/mol. The Morgan fingerprint density at radius 2 is 2.05 bits per heavy atom. The minimum atomic E-state index is -0.511. The van der Waals surface area contributed by atoms with Crippen molar-refractivity contribution in [3.8, 4) is 0 Å². The highest BCUT2D eigenvalue weighted by Gasteiger charge is 2.17. The van der Waals surface area contributed by atoms with E-state index in [1.807, 2.05) is 6.92 Å². The summed E-state index contributed by atoms with van der Waals surface area (Å²) in [6.07, 6.45) is 0. The first kappa shape index (κ1) is 15.5. The second kappa shape index (κ2) is 7.10. The van der Waals surface area contributed by atoms with Gasteiger partial charge in [-0.1, -0.05) is 0 Å². The molecule has 0 saturated carbocycles. The van der Waals surface area contributed by atoms with Crippen LogP contribution in [0.3, 0.4) is 0 Å². The summed E-state index contributed by atoms with van der Waals surface area (Å²) in [5, 5.41) is 22.1. The molecule has 1 aromatic rings. The molecular weight excluding hydrogens is 268 g/mol. The maximum atomic E-state index is 11.6. The molecule has 0 bridgehead atoms. The van der Waals surface area contributed by atoms with E-state index in [9.17, 15) is 14.9 Å². The number of aliphatic hydroxyl groups excluding tert-OH is 1. The Kier molecular flexibility index (Phi) is 5.78. The SMILES string of the molecule is Cc1cc(NC(=O)CSCCO)c([N+](=O)[O-])cc1C. The van der Waals surface area contributed by atoms with Gasteiger partial charge in [0.1, 0.15) is 5.69 Å². The van der Waals surface area contributed by atoms with Crippen molar-refractivity contribution in [2.45, 2.75) is 13.8 Å². The minimum Gasteiger partial charge on any atom is -0.396 e. The third kappa shape index (κ3) is 4.53. The fraction of sp³-hybridized carbons (Fsp3) is 0.417. The van der Waals surface area contributed by atoms with Crippen molar-refractivity contribution in [2.75, 3.05) is 23.4 Å². The van der Waals surface area contributed by atoms with Crippen LogP contribution in [-0.2, 0) is 4.79 Å². The van der Waals surface area contributed by atoms with Crippen LogP contribution in [0.1, 0.15) is 11.1 Å².